The molecule has 2 unspecified atom stereocenters. The summed E-state index contributed by atoms with van der Waals surface area (Å²) < 4.78 is 11.2. The number of methoxy groups -OCH3 is 1. The predicted octanol–water partition coefficient (Wildman–Crippen LogP) is 5.60. The smallest absolute Gasteiger partial charge is 0.242 e. The van der Waals surface area contributed by atoms with E-state index in [1.807, 2.05) is 31.2 Å². The molecule has 1 aliphatic heterocycles. The Morgan fingerprint density at radius 1 is 1.13 bits per heavy atom. The first-order chi connectivity index (χ1) is 14.5. The zero-order valence-electron chi connectivity index (χ0n) is 16.0. The number of hydrogen-bond donors (Lipinski definition) is 0. The van der Waals surface area contributed by atoms with Crippen LogP contribution < -0.4 is 14.4 Å². The predicted molar refractivity (Wildman–Crippen MR) is 121 cm³/mol. The molecule has 6 nitrogen and oxygen atoms in total. The number of carbonyl (C=O) groups is 1. The van der Waals surface area contributed by atoms with Gasteiger partial charge in [0.25, 0.3) is 0 Å². The molecule has 0 saturated carbocycles. The number of ether oxygens (including phenoxy) is 2. The molecule has 1 aliphatic rings. The van der Waals surface area contributed by atoms with Gasteiger partial charge in [-0.15, -0.1) is 22.0 Å². The van der Waals surface area contributed by atoms with E-state index in [2.05, 4.69) is 10.2 Å². The second-order valence-electron chi connectivity index (χ2n) is 6.42. The maximum atomic E-state index is 12.9. The van der Waals surface area contributed by atoms with E-state index in [4.69, 9.17) is 32.7 Å². The SMILES string of the molecule is COc1ccccc1C1SC(C)C(=O)N1c1nnc(COc2ccc(Cl)cc2Cl)s1. The first kappa shape index (κ1) is 21.2. The number of rotatable bonds is 6. The molecule has 3 aromatic rings. The van der Waals surface area contributed by atoms with E-state index in [-0.39, 0.29) is 23.1 Å². The maximum absolute atomic E-state index is 12.9. The summed E-state index contributed by atoms with van der Waals surface area (Å²) in [5.41, 5.74) is 0.920. The van der Waals surface area contributed by atoms with E-state index in [1.54, 1.807) is 42.0 Å². The molecule has 2 atom stereocenters. The molecule has 1 aromatic heterocycles. The fourth-order valence-electron chi connectivity index (χ4n) is 3.03. The monoisotopic (exact) mass is 481 g/mol. The van der Waals surface area contributed by atoms with Crippen LogP contribution in [0.2, 0.25) is 10.0 Å². The van der Waals surface area contributed by atoms with Crippen molar-refractivity contribution in [1.82, 2.24) is 10.2 Å². The quantitative estimate of drug-likeness (QED) is 0.456. The van der Waals surface area contributed by atoms with Crippen LogP contribution in [0.5, 0.6) is 11.5 Å². The first-order valence-electron chi connectivity index (χ1n) is 8.99. The summed E-state index contributed by atoms with van der Waals surface area (Å²) in [6.07, 6.45) is 0. The number of nitrogens with zero attached hydrogens (tertiary/aromatic N) is 3. The highest BCUT2D eigenvalue weighted by Gasteiger charge is 2.42. The van der Waals surface area contributed by atoms with Crippen molar-refractivity contribution in [2.75, 3.05) is 12.0 Å². The number of halogens is 2. The zero-order valence-corrected chi connectivity index (χ0v) is 19.2. The summed E-state index contributed by atoms with van der Waals surface area (Å²) in [6.45, 7) is 2.08. The van der Waals surface area contributed by atoms with Gasteiger partial charge in [-0.2, -0.15) is 0 Å². The van der Waals surface area contributed by atoms with Gasteiger partial charge in [-0.1, -0.05) is 52.7 Å². The average molecular weight is 482 g/mol. The van der Waals surface area contributed by atoms with Crippen LogP contribution in [0.3, 0.4) is 0 Å². The molecule has 1 saturated heterocycles. The van der Waals surface area contributed by atoms with Gasteiger partial charge in [0.15, 0.2) is 5.01 Å². The largest absolute Gasteiger partial charge is 0.496 e. The number of thioether (sulfide) groups is 1. The Kier molecular flexibility index (Phi) is 6.38. The molecule has 1 amide bonds. The van der Waals surface area contributed by atoms with Crippen molar-refractivity contribution in [1.29, 1.82) is 0 Å². The van der Waals surface area contributed by atoms with Crippen LogP contribution in [0.4, 0.5) is 5.13 Å². The number of aromatic nitrogens is 2. The Labute approximate surface area is 192 Å². The lowest BCUT2D eigenvalue weighted by atomic mass is 10.2. The third kappa shape index (κ3) is 4.23. The van der Waals surface area contributed by atoms with Crippen molar-refractivity contribution in [2.24, 2.45) is 0 Å². The summed E-state index contributed by atoms with van der Waals surface area (Å²) in [6, 6.07) is 12.7. The minimum absolute atomic E-state index is 0.0136. The van der Waals surface area contributed by atoms with Gasteiger partial charge in [0.2, 0.25) is 11.0 Å². The van der Waals surface area contributed by atoms with Crippen LogP contribution in [0.1, 0.15) is 22.9 Å². The molecule has 0 N–H and O–H groups in total. The Morgan fingerprint density at radius 3 is 2.70 bits per heavy atom. The van der Waals surface area contributed by atoms with Crippen molar-refractivity contribution in [2.45, 2.75) is 24.2 Å². The lowest BCUT2D eigenvalue weighted by molar-refractivity contribution is -0.117. The Hall–Kier alpha value is -2.00. The van der Waals surface area contributed by atoms with Crippen molar-refractivity contribution >= 4 is 57.3 Å². The molecular weight excluding hydrogens is 465 g/mol. The van der Waals surface area contributed by atoms with Crippen molar-refractivity contribution in [3.63, 3.8) is 0 Å². The summed E-state index contributed by atoms with van der Waals surface area (Å²) in [5, 5.41) is 10.1. The van der Waals surface area contributed by atoms with E-state index in [9.17, 15) is 4.79 Å². The molecule has 10 heteroatoms. The summed E-state index contributed by atoms with van der Waals surface area (Å²) in [7, 11) is 1.62. The van der Waals surface area contributed by atoms with E-state index >= 15 is 0 Å². The first-order valence-corrected chi connectivity index (χ1v) is 11.5. The topological polar surface area (TPSA) is 64.5 Å². The normalized spacial score (nSPS) is 18.7. The molecule has 156 valence electrons. The average Bonchev–Trinajstić information content (AvgIpc) is 3.31. The second-order valence-corrected chi connectivity index (χ2v) is 9.73. The van der Waals surface area contributed by atoms with Gasteiger partial charge in [-0.05, 0) is 31.2 Å². The third-order valence-electron chi connectivity index (χ3n) is 4.47. The standard InChI is InChI=1S/C20H17Cl2N3O3S2/c1-11-18(26)25(19(29-11)13-5-3-4-6-15(13)27-2)20-24-23-17(30-20)10-28-16-8-7-12(21)9-14(16)22/h3-9,11,19H,10H2,1-2H3. The number of anilines is 1. The number of carbonyl (C=O) groups excluding carboxylic acids is 1. The number of amides is 1. The van der Waals surface area contributed by atoms with Gasteiger partial charge in [0, 0.05) is 10.6 Å². The van der Waals surface area contributed by atoms with Crippen LogP contribution in [0, 0.1) is 0 Å². The lowest BCUT2D eigenvalue weighted by Gasteiger charge is -2.22. The van der Waals surface area contributed by atoms with Crippen LogP contribution in [0.25, 0.3) is 0 Å². The number of benzene rings is 2. The van der Waals surface area contributed by atoms with Gasteiger partial charge >= 0.3 is 0 Å². The van der Waals surface area contributed by atoms with Crippen LogP contribution in [0.15, 0.2) is 42.5 Å². The fraction of sp³-hybridized carbons (Fsp3) is 0.250. The summed E-state index contributed by atoms with van der Waals surface area (Å²) in [5.74, 6) is 1.22. The Balaban J connectivity index is 1.56. The van der Waals surface area contributed by atoms with Crippen LogP contribution in [-0.2, 0) is 11.4 Å². The molecular formula is C20H17Cl2N3O3S2. The molecule has 0 radical (unpaired) electrons. The van der Waals surface area contributed by atoms with E-state index < -0.39 is 0 Å². The number of hydrogen-bond acceptors (Lipinski definition) is 7. The number of para-hydroxylation sites is 1. The van der Waals surface area contributed by atoms with Gasteiger partial charge in [-0.3, -0.25) is 9.69 Å². The molecule has 30 heavy (non-hydrogen) atoms. The fourth-order valence-corrected chi connectivity index (χ4v) is 5.63. The third-order valence-corrected chi connectivity index (χ3v) is 7.22. The van der Waals surface area contributed by atoms with E-state index in [0.717, 1.165) is 11.3 Å². The highest BCUT2D eigenvalue weighted by molar-refractivity contribution is 8.01. The molecule has 0 spiro atoms. The van der Waals surface area contributed by atoms with Crippen LogP contribution in [-0.4, -0.2) is 28.5 Å². The van der Waals surface area contributed by atoms with Crippen molar-refractivity contribution in [3.8, 4) is 11.5 Å². The van der Waals surface area contributed by atoms with E-state index in [1.165, 1.54) is 11.3 Å². The van der Waals surface area contributed by atoms with Gasteiger partial charge in [0.05, 0.1) is 17.4 Å². The molecule has 1 fully saturated rings. The summed E-state index contributed by atoms with van der Waals surface area (Å²) >= 11 is 14.9. The molecule has 4 rings (SSSR count). The highest BCUT2D eigenvalue weighted by atomic mass is 35.5. The Morgan fingerprint density at radius 2 is 1.93 bits per heavy atom. The van der Waals surface area contributed by atoms with Crippen LogP contribution >= 0.6 is 46.3 Å². The van der Waals surface area contributed by atoms with Crippen molar-refractivity contribution in [3.05, 3.63) is 63.1 Å². The molecule has 0 aliphatic carbocycles. The Bertz CT molecular complexity index is 1080. The maximum Gasteiger partial charge on any atom is 0.242 e. The van der Waals surface area contributed by atoms with Gasteiger partial charge < -0.3 is 9.47 Å². The van der Waals surface area contributed by atoms with Gasteiger partial charge in [0.1, 0.15) is 23.5 Å². The minimum Gasteiger partial charge on any atom is -0.496 e. The molecule has 0 bridgehead atoms. The minimum atomic E-state index is -0.240. The van der Waals surface area contributed by atoms with E-state index in [0.29, 0.717) is 25.9 Å². The highest BCUT2D eigenvalue weighted by Crippen LogP contribution is 2.48. The zero-order chi connectivity index (χ0) is 21.3. The van der Waals surface area contributed by atoms with Gasteiger partial charge in [-0.25, -0.2) is 0 Å². The second kappa shape index (κ2) is 9.01. The van der Waals surface area contributed by atoms with Crippen molar-refractivity contribution < 1.29 is 14.3 Å². The lowest BCUT2D eigenvalue weighted by Crippen LogP contribution is -2.30. The molecule has 2 aromatic carbocycles. The molecule has 2 heterocycles. The summed E-state index contributed by atoms with van der Waals surface area (Å²) in [4.78, 5) is 14.6.